The van der Waals surface area contributed by atoms with Gasteiger partial charge < -0.3 is 30.4 Å². The second kappa shape index (κ2) is 17.6. The molecule has 0 fully saturated rings. The quantitative estimate of drug-likeness (QED) is 0.0903. The zero-order valence-electron chi connectivity index (χ0n) is 31.5. The van der Waals surface area contributed by atoms with Gasteiger partial charge in [0, 0.05) is 65.9 Å². The van der Waals surface area contributed by atoms with Crippen LogP contribution in [0.15, 0.2) is 127 Å². The highest BCUT2D eigenvalue weighted by Gasteiger charge is 2.09. The summed E-state index contributed by atoms with van der Waals surface area (Å²) in [7, 11) is 1.98. The molecule has 0 atom stereocenters. The normalized spacial score (nSPS) is 10.9. The van der Waals surface area contributed by atoms with E-state index in [0.29, 0.717) is 13.1 Å². The van der Waals surface area contributed by atoms with Crippen molar-refractivity contribution in [3.05, 3.63) is 155 Å². The van der Waals surface area contributed by atoms with Crippen LogP contribution in [-0.2, 0) is 32.7 Å². The SMILES string of the molecule is CCn1c(C#CCNc2ccc(-c3ccccc3CNCc3ccc4c(c3)cc(C#CCNc3ccccc3)n4CC)cc2)cc2cc(CNC)ccc21. The van der Waals surface area contributed by atoms with Crippen LogP contribution in [0.5, 0.6) is 0 Å². The van der Waals surface area contributed by atoms with E-state index in [0.717, 1.165) is 55.5 Å². The van der Waals surface area contributed by atoms with Gasteiger partial charge in [0.25, 0.3) is 0 Å². The molecular formula is C48H48N6. The van der Waals surface area contributed by atoms with Crippen molar-refractivity contribution in [3.63, 3.8) is 0 Å². The zero-order valence-corrected chi connectivity index (χ0v) is 31.5. The van der Waals surface area contributed by atoms with E-state index in [-0.39, 0.29) is 0 Å². The van der Waals surface area contributed by atoms with Gasteiger partial charge in [-0.1, -0.05) is 78.6 Å². The van der Waals surface area contributed by atoms with E-state index >= 15 is 0 Å². The van der Waals surface area contributed by atoms with Gasteiger partial charge in [0.1, 0.15) is 0 Å². The maximum Gasteiger partial charge on any atom is 0.0931 e. The molecule has 2 heterocycles. The molecule has 54 heavy (non-hydrogen) atoms. The third kappa shape index (κ3) is 8.54. The van der Waals surface area contributed by atoms with Crippen molar-refractivity contribution in [1.29, 1.82) is 0 Å². The molecule has 2 aromatic heterocycles. The summed E-state index contributed by atoms with van der Waals surface area (Å²) in [6.07, 6.45) is 0. The Bertz CT molecular complexity index is 2460. The molecule has 0 bridgehead atoms. The van der Waals surface area contributed by atoms with Gasteiger partial charge in [-0.3, -0.25) is 0 Å². The molecule has 270 valence electrons. The van der Waals surface area contributed by atoms with Crippen LogP contribution < -0.4 is 21.3 Å². The molecule has 0 amide bonds. The third-order valence-electron chi connectivity index (χ3n) is 9.77. The van der Waals surface area contributed by atoms with Crippen LogP contribution in [-0.4, -0.2) is 29.3 Å². The van der Waals surface area contributed by atoms with Crippen LogP contribution in [0, 0.1) is 23.7 Å². The second-order valence-corrected chi connectivity index (χ2v) is 13.4. The summed E-state index contributed by atoms with van der Waals surface area (Å²) in [5, 5.41) is 16.2. The van der Waals surface area contributed by atoms with E-state index in [4.69, 9.17) is 0 Å². The van der Waals surface area contributed by atoms with Crippen LogP contribution in [0.1, 0.15) is 41.9 Å². The van der Waals surface area contributed by atoms with Crippen LogP contribution in [0.4, 0.5) is 11.4 Å². The van der Waals surface area contributed by atoms with E-state index in [9.17, 15) is 0 Å². The number of aryl methyl sites for hydroxylation is 2. The molecule has 0 aliphatic heterocycles. The molecule has 7 rings (SSSR count). The van der Waals surface area contributed by atoms with Crippen molar-refractivity contribution in [1.82, 2.24) is 19.8 Å². The standard InChI is InChI=1S/C48H48N6/c1-4-53-44(31-40-29-36(33-49-3)19-25-47(40)53)17-12-28-52-43-23-21-38(22-24-43)46-18-10-9-13-39(46)35-50-34-37-20-26-48-41(30-37)32-45(54(48)5-2)16-11-27-51-42-14-7-6-8-15-42/h6-10,13-15,18-26,29-32,49-52H,4-5,27-28,33-35H2,1-3H3. The summed E-state index contributed by atoms with van der Waals surface area (Å²) in [5.74, 6) is 13.4. The summed E-state index contributed by atoms with van der Waals surface area (Å²) in [6, 6.07) is 45.3. The lowest BCUT2D eigenvalue weighted by Crippen LogP contribution is -2.13. The predicted octanol–water partition coefficient (Wildman–Crippen LogP) is 9.24. The van der Waals surface area contributed by atoms with Crippen LogP contribution in [0.3, 0.4) is 0 Å². The molecule has 5 aromatic carbocycles. The number of para-hydroxylation sites is 1. The smallest absolute Gasteiger partial charge is 0.0931 e. The summed E-state index contributed by atoms with van der Waals surface area (Å²) in [4.78, 5) is 0. The molecule has 0 spiro atoms. The van der Waals surface area contributed by atoms with Gasteiger partial charge in [-0.25, -0.2) is 0 Å². The Hall–Kier alpha value is -6.18. The summed E-state index contributed by atoms with van der Waals surface area (Å²) >= 11 is 0. The third-order valence-corrected chi connectivity index (χ3v) is 9.77. The summed E-state index contributed by atoms with van der Waals surface area (Å²) in [6.45, 7) is 9.71. The lowest BCUT2D eigenvalue weighted by atomic mass is 9.99. The Morgan fingerprint density at radius 1 is 0.537 bits per heavy atom. The average Bonchev–Trinajstić information content (AvgIpc) is 3.75. The van der Waals surface area contributed by atoms with E-state index in [1.807, 2.05) is 25.2 Å². The molecule has 0 radical (unpaired) electrons. The van der Waals surface area contributed by atoms with Gasteiger partial charge in [-0.15, -0.1) is 0 Å². The first-order valence-electron chi connectivity index (χ1n) is 18.9. The second-order valence-electron chi connectivity index (χ2n) is 13.4. The fourth-order valence-electron chi connectivity index (χ4n) is 7.14. The highest BCUT2D eigenvalue weighted by Crippen LogP contribution is 2.26. The number of aromatic nitrogens is 2. The first-order chi connectivity index (χ1) is 26.6. The number of nitrogens with zero attached hydrogens (tertiary/aromatic N) is 2. The van der Waals surface area contributed by atoms with Crippen molar-refractivity contribution in [2.45, 2.75) is 46.6 Å². The monoisotopic (exact) mass is 708 g/mol. The molecule has 7 aromatic rings. The van der Waals surface area contributed by atoms with Crippen molar-refractivity contribution in [2.24, 2.45) is 0 Å². The number of hydrogen-bond acceptors (Lipinski definition) is 4. The Morgan fingerprint density at radius 2 is 1.09 bits per heavy atom. The number of hydrogen-bond donors (Lipinski definition) is 4. The molecule has 0 aliphatic rings. The van der Waals surface area contributed by atoms with E-state index < -0.39 is 0 Å². The minimum atomic E-state index is 0.575. The number of rotatable bonds is 13. The van der Waals surface area contributed by atoms with Gasteiger partial charge in [-0.05, 0) is 121 Å². The predicted molar refractivity (Wildman–Crippen MR) is 228 cm³/mol. The number of fused-ring (bicyclic) bond motifs is 2. The number of benzene rings is 5. The minimum absolute atomic E-state index is 0.575. The van der Waals surface area contributed by atoms with Gasteiger partial charge in [0.2, 0.25) is 0 Å². The van der Waals surface area contributed by atoms with Crippen LogP contribution >= 0.6 is 0 Å². The molecule has 0 unspecified atom stereocenters. The summed E-state index contributed by atoms with van der Waals surface area (Å²) < 4.78 is 4.58. The van der Waals surface area contributed by atoms with E-state index in [2.05, 4.69) is 177 Å². The largest absolute Gasteiger partial charge is 0.374 e. The Morgan fingerprint density at radius 3 is 1.69 bits per heavy atom. The fraction of sp³-hybridized carbons (Fsp3) is 0.208. The van der Waals surface area contributed by atoms with Crippen molar-refractivity contribution in [2.75, 3.05) is 30.8 Å². The molecule has 0 aliphatic carbocycles. The lowest BCUT2D eigenvalue weighted by molar-refractivity contribution is 0.695. The molecular weight excluding hydrogens is 661 g/mol. The van der Waals surface area contributed by atoms with E-state index in [1.165, 1.54) is 49.6 Å². The van der Waals surface area contributed by atoms with Crippen LogP contribution in [0.25, 0.3) is 32.9 Å². The molecule has 6 nitrogen and oxygen atoms in total. The maximum absolute atomic E-state index is 3.69. The molecule has 6 heteroatoms. The zero-order chi connectivity index (χ0) is 37.1. The van der Waals surface area contributed by atoms with Crippen molar-refractivity contribution >= 4 is 33.2 Å². The average molecular weight is 709 g/mol. The highest BCUT2D eigenvalue weighted by molar-refractivity contribution is 5.84. The number of nitrogens with one attached hydrogen (secondary N) is 4. The first-order valence-corrected chi connectivity index (χ1v) is 18.9. The topological polar surface area (TPSA) is 58.0 Å². The maximum atomic E-state index is 3.69. The number of anilines is 2. The van der Waals surface area contributed by atoms with Gasteiger partial charge in [0.15, 0.2) is 0 Å². The van der Waals surface area contributed by atoms with Crippen molar-refractivity contribution in [3.8, 4) is 34.8 Å². The van der Waals surface area contributed by atoms with Gasteiger partial charge >= 0.3 is 0 Å². The molecule has 0 saturated carbocycles. The van der Waals surface area contributed by atoms with Crippen LogP contribution in [0.2, 0.25) is 0 Å². The first kappa shape index (κ1) is 36.2. The van der Waals surface area contributed by atoms with E-state index in [1.54, 1.807) is 0 Å². The molecule has 0 saturated heterocycles. The highest BCUT2D eigenvalue weighted by atomic mass is 15.0. The van der Waals surface area contributed by atoms with Gasteiger partial charge in [-0.2, -0.15) is 0 Å². The lowest BCUT2D eigenvalue weighted by Gasteiger charge is -2.12. The Labute approximate surface area is 319 Å². The fourth-order valence-corrected chi connectivity index (χ4v) is 7.14. The van der Waals surface area contributed by atoms with Crippen molar-refractivity contribution < 1.29 is 0 Å². The molecule has 4 N–H and O–H groups in total. The Kier molecular flexibility index (Phi) is 11.8. The summed E-state index contributed by atoms with van der Waals surface area (Å²) in [5.41, 5.74) is 12.9. The van der Waals surface area contributed by atoms with Gasteiger partial charge in [0.05, 0.1) is 24.5 Å². The Balaban J connectivity index is 0.949. The minimum Gasteiger partial charge on any atom is -0.374 e.